The molecule has 1 N–H and O–H groups in total. The van der Waals surface area contributed by atoms with E-state index in [1.165, 1.54) is 6.07 Å². The first-order valence-electron chi connectivity index (χ1n) is 6.99. The van der Waals surface area contributed by atoms with Crippen LogP contribution in [-0.4, -0.2) is 26.8 Å². The van der Waals surface area contributed by atoms with Gasteiger partial charge in [-0.3, -0.25) is 0 Å². The molecule has 0 aliphatic rings. The Morgan fingerprint density at radius 3 is 2.43 bits per heavy atom. The molecule has 1 unspecified atom stereocenters. The minimum atomic E-state index is -0.324. The molecule has 1 atom stereocenters. The van der Waals surface area contributed by atoms with Crippen molar-refractivity contribution in [3.63, 3.8) is 0 Å². The van der Waals surface area contributed by atoms with Gasteiger partial charge in [-0.05, 0) is 25.2 Å². The number of para-hydroxylation sites is 1. The van der Waals surface area contributed by atoms with Crippen LogP contribution in [0.15, 0.2) is 54.6 Å². The Hall–Kier alpha value is -1.91. The molecule has 0 amide bonds. The smallest absolute Gasteiger partial charge is 0.129 e. The van der Waals surface area contributed by atoms with Gasteiger partial charge in [0.25, 0.3) is 0 Å². The molecular formula is C17H20FNO2. The van der Waals surface area contributed by atoms with Gasteiger partial charge in [-0.2, -0.15) is 0 Å². The van der Waals surface area contributed by atoms with E-state index < -0.39 is 0 Å². The summed E-state index contributed by atoms with van der Waals surface area (Å²) >= 11 is 0. The number of benzene rings is 2. The van der Waals surface area contributed by atoms with E-state index in [0.717, 1.165) is 5.75 Å². The molecule has 0 aromatic heterocycles. The van der Waals surface area contributed by atoms with Crippen molar-refractivity contribution in [2.45, 2.75) is 6.10 Å². The second kappa shape index (κ2) is 8.39. The van der Waals surface area contributed by atoms with Crippen LogP contribution >= 0.6 is 0 Å². The van der Waals surface area contributed by atoms with Crippen LogP contribution in [0.2, 0.25) is 0 Å². The lowest BCUT2D eigenvalue weighted by Gasteiger charge is -2.18. The van der Waals surface area contributed by atoms with Crippen LogP contribution < -0.4 is 10.1 Å². The van der Waals surface area contributed by atoms with Crippen molar-refractivity contribution in [1.82, 2.24) is 5.32 Å². The van der Waals surface area contributed by atoms with Gasteiger partial charge in [-0.1, -0.05) is 36.4 Å². The molecule has 3 nitrogen and oxygen atoms in total. The summed E-state index contributed by atoms with van der Waals surface area (Å²) in [5.74, 6) is 0.555. The van der Waals surface area contributed by atoms with Crippen molar-refractivity contribution in [3.8, 4) is 5.75 Å². The van der Waals surface area contributed by atoms with Crippen molar-refractivity contribution < 1.29 is 13.9 Å². The van der Waals surface area contributed by atoms with Gasteiger partial charge in [0.05, 0.1) is 12.7 Å². The maximum Gasteiger partial charge on any atom is 0.129 e. The van der Waals surface area contributed by atoms with E-state index in [9.17, 15) is 4.39 Å². The average molecular weight is 289 g/mol. The summed E-state index contributed by atoms with van der Waals surface area (Å²) in [5.41, 5.74) is 0.562. The fraction of sp³-hybridized carbons (Fsp3) is 0.294. The summed E-state index contributed by atoms with van der Waals surface area (Å²) < 4.78 is 25.1. The van der Waals surface area contributed by atoms with Crippen LogP contribution in [0.3, 0.4) is 0 Å². The Bertz CT molecular complexity index is 533. The van der Waals surface area contributed by atoms with Crippen molar-refractivity contribution in [2.24, 2.45) is 0 Å². The molecule has 2 rings (SSSR count). The van der Waals surface area contributed by atoms with E-state index >= 15 is 0 Å². The first kappa shape index (κ1) is 15.5. The highest BCUT2D eigenvalue weighted by Crippen LogP contribution is 2.20. The number of likely N-dealkylation sites (N-methyl/N-ethyl adjacent to an activating group) is 1. The summed E-state index contributed by atoms with van der Waals surface area (Å²) in [4.78, 5) is 0. The first-order valence-corrected chi connectivity index (χ1v) is 6.99. The Balaban J connectivity index is 1.85. The molecule has 0 radical (unpaired) electrons. The molecule has 0 aliphatic carbocycles. The minimum Gasteiger partial charge on any atom is -0.491 e. The zero-order valence-corrected chi connectivity index (χ0v) is 12.1. The molecule has 0 aliphatic heterocycles. The van der Waals surface area contributed by atoms with Gasteiger partial charge in [0, 0.05) is 12.1 Å². The second-order valence-electron chi connectivity index (χ2n) is 4.60. The molecule has 0 heterocycles. The monoisotopic (exact) mass is 289 g/mol. The first-order chi connectivity index (χ1) is 10.3. The van der Waals surface area contributed by atoms with Crippen LogP contribution in [0.4, 0.5) is 4.39 Å². The van der Waals surface area contributed by atoms with Gasteiger partial charge < -0.3 is 14.8 Å². The van der Waals surface area contributed by atoms with Crippen LogP contribution in [0.25, 0.3) is 0 Å². The lowest BCUT2D eigenvalue weighted by atomic mass is 10.1. The van der Waals surface area contributed by atoms with Gasteiger partial charge in [0.1, 0.15) is 18.2 Å². The summed E-state index contributed by atoms with van der Waals surface area (Å²) in [5, 5.41) is 3.02. The van der Waals surface area contributed by atoms with Crippen molar-refractivity contribution >= 4 is 0 Å². The summed E-state index contributed by atoms with van der Waals surface area (Å²) in [6.07, 6.45) is -0.324. The lowest BCUT2D eigenvalue weighted by molar-refractivity contribution is 0.0321. The SMILES string of the molecule is CNCC(OCCOc1ccccc1)c1ccccc1F. The molecular weight excluding hydrogens is 269 g/mol. The summed E-state index contributed by atoms with van der Waals surface area (Å²) in [6.45, 7) is 1.38. The molecule has 2 aromatic rings. The standard InChI is InChI=1S/C17H20FNO2/c1-19-13-17(15-9-5-6-10-16(15)18)21-12-11-20-14-7-3-2-4-8-14/h2-10,17,19H,11-13H2,1H3. The number of hydrogen-bond acceptors (Lipinski definition) is 3. The molecule has 21 heavy (non-hydrogen) atoms. The van der Waals surface area contributed by atoms with Crippen molar-refractivity contribution in [1.29, 1.82) is 0 Å². The maximum absolute atomic E-state index is 13.8. The van der Waals surface area contributed by atoms with Crippen LogP contribution in [-0.2, 0) is 4.74 Å². The van der Waals surface area contributed by atoms with Gasteiger partial charge in [0.2, 0.25) is 0 Å². The largest absolute Gasteiger partial charge is 0.491 e. The van der Waals surface area contributed by atoms with Crippen LogP contribution in [0, 0.1) is 5.82 Å². The number of hydrogen-bond donors (Lipinski definition) is 1. The molecule has 0 saturated carbocycles. The molecule has 112 valence electrons. The molecule has 0 fully saturated rings. The second-order valence-corrected chi connectivity index (χ2v) is 4.60. The van der Waals surface area contributed by atoms with Gasteiger partial charge >= 0.3 is 0 Å². The number of nitrogens with one attached hydrogen (secondary N) is 1. The Morgan fingerprint density at radius 2 is 1.71 bits per heavy atom. The fourth-order valence-electron chi connectivity index (χ4n) is 2.05. The van der Waals surface area contributed by atoms with Crippen molar-refractivity contribution in [3.05, 3.63) is 66.0 Å². The zero-order valence-electron chi connectivity index (χ0n) is 12.1. The molecule has 0 bridgehead atoms. The zero-order chi connectivity index (χ0) is 14.9. The molecule has 4 heteroatoms. The van der Waals surface area contributed by atoms with E-state index in [0.29, 0.717) is 25.3 Å². The quantitative estimate of drug-likeness (QED) is 0.757. The number of ether oxygens (including phenoxy) is 2. The van der Waals surface area contributed by atoms with Crippen LogP contribution in [0.1, 0.15) is 11.7 Å². The van der Waals surface area contributed by atoms with E-state index in [2.05, 4.69) is 5.32 Å². The third kappa shape index (κ3) is 4.85. The van der Waals surface area contributed by atoms with Gasteiger partial charge in [-0.15, -0.1) is 0 Å². The summed E-state index contributed by atoms with van der Waals surface area (Å²) in [6, 6.07) is 16.2. The third-order valence-electron chi connectivity index (χ3n) is 3.06. The fourth-order valence-corrected chi connectivity index (χ4v) is 2.05. The topological polar surface area (TPSA) is 30.5 Å². The molecule has 0 saturated heterocycles. The van der Waals surface area contributed by atoms with E-state index in [1.54, 1.807) is 12.1 Å². The molecule has 0 spiro atoms. The highest BCUT2D eigenvalue weighted by Gasteiger charge is 2.15. The predicted molar refractivity (Wildman–Crippen MR) is 81.0 cm³/mol. The lowest BCUT2D eigenvalue weighted by Crippen LogP contribution is -2.22. The van der Waals surface area contributed by atoms with Crippen LogP contribution in [0.5, 0.6) is 5.75 Å². The van der Waals surface area contributed by atoms with Crippen molar-refractivity contribution in [2.75, 3.05) is 26.8 Å². The number of rotatable bonds is 8. The maximum atomic E-state index is 13.8. The highest BCUT2D eigenvalue weighted by atomic mass is 19.1. The molecule has 2 aromatic carbocycles. The van der Waals surface area contributed by atoms with Gasteiger partial charge in [0.15, 0.2) is 0 Å². The van der Waals surface area contributed by atoms with E-state index in [4.69, 9.17) is 9.47 Å². The normalized spacial score (nSPS) is 12.1. The highest BCUT2D eigenvalue weighted by molar-refractivity contribution is 5.21. The van der Waals surface area contributed by atoms with E-state index in [1.807, 2.05) is 43.4 Å². The minimum absolute atomic E-state index is 0.248. The Morgan fingerprint density at radius 1 is 1.00 bits per heavy atom. The Kier molecular flexibility index (Phi) is 6.19. The average Bonchev–Trinajstić information content (AvgIpc) is 2.52. The predicted octanol–water partition coefficient (Wildman–Crippen LogP) is 3.18. The third-order valence-corrected chi connectivity index (χ3v) is 3.06. The van der Waals surface area contributed by atoms with E-state index in [-0.39, 0.29) is 11.9 Å². The summed E-state index contributed by atoms with van der Waals surface area (Å²) in [7, 11) is 1.82. The van der Waals surface area contributed by atoms with Gasteiger partial charge in [-0.25, -0.2) is 4.39 Å². The Labute approximate surface area is 124 Å². The number of halogens is 1.